The van der Waals surface area contributed by atoms with E-state index in [0.29, 0.717) is 0 Å². The van der Waals surface area contributed by atoms with E-state index >= 15 is 0 Å². The Kier molecular flexibility index (Phi) is 9.54. The second-order valence-corrected chi connectivity index (χ2v) is 25.5. The van der Waals surface area contributed by atoms with Crippen molar-refractivity contribution < 1.29 is 0 Å². The van der Waals surface area contributed by atoms with Crippen LogP contribution in [0, 0.1) is 27.7 Å². The Bertz CT molecular complexity index is 3660. The lowest BCUT2D eigenvalue weighted by molar-refractivity contribution is 0.591. The van der Waals surface area contributed by atoms with E-state index in [1.807, 2.05) is 45.3 Å². The van der Waals surface area contributed by atoms with Gasteiger partial charge in [-0.15, -0.1) is 45.3 Å². The van der Waals surface area contributed by atoms with Crippen LogP contribution in [0.5, 0.6) is 0 Å². The molecule has 0 spiro atoms. The monoisotopic (exact) mass is 964 g/mol. The number of hydrogen-bond donors (Lipinski definition) is 0. The summed E-state index contributed by atoms with van der Waals surface area (Å²) in [7, 11) is 0. The average Bonchev–Trinajstić information content (AvgIpc) is 4.12. The van der Waals surface area contributed by atoms with Gasteiger partial charge in [0, 0.05) is 52.1 Å². The number of rotatable bonds is 4. The summed E-state index contributed by atoms with van der Waals surface area (Å²) in [6, 6.07) is 49.3. The molecule has 2 aliphatic heterocycles. The summed E-state index contributed by atoms with van der Waals surface area (Å²) in [5, 5.41) is 12.7. The molecule has 0 radical (unpaired) electrons. The summed E-state index contributed by atoms with van der Waals surface area (Å²) < 4.78 is 5.33. The number of fused-ring (bicyclic) bond motifs is 10. The SMILES string of the molecule is Cc1cc(-c2csc3ccccc23)cc(C)c1N1c2cccc3c2B(c2c1sc1ccc(C(C)(C)C)cc21)c1c(sc2ccc(C(C)(C)C)cc12)N3c1c(C)cc(-c2csc3ccccc23)cc1C. The summed E-state index contributed by atoms with van der Waals surface area (Å²) >= 11 is 7.61. The van der Waals surface area contributed by atoms with Crippen molar-refractivity contribution in [1.29, 1.82) is 0 Å². The largest absolute Gasteiger partial charge is 0.302 e. The number of anilines is 6. The molecule has 6 heterocycles. The first-order valence-electron chi connectivity index (χ1n) is 24.2. The molecule has 13 rings (SSSR count). The predicted octanol–water partition coefficient (Wildman–Crippen LogP) is 17.8. The summed E-state index contributed by atoms with van der Waals surface area (Å²) in [5.74, 6) is 0. The van der Waals surface area contributed by atoms with E-state index in [1.165, 1.54) is 145 Å². The Morgan fingerprint density at radius 3 is 1.22 bits per heavy atom. The van der Waals surface area contributed by atoms with Crippen molar-refractivity contribution in [3.63, 3.8) is 0 Å². The van der Waals surface area contributed by atoms with E-state index in [-0.39, 0.29) is 17.5 Å². The highest BCUT2D eigenvalue weighted by molar-refractivity contribution is 7.29. The number of benzene rings is 7. The molecule has 0 N–H and O–H groups in total. The molecule has 338 valence electrons. The zero-order valence-corrected chi connectivity index (χ0v) is 44.1. The van der Waals surface area contributed by atoms with Gasteiger partial charge in [0.15, 0.2) is 0 Å². The molecule has 0 fully saturated rings. The molecule has 0 bridgehead atoms. The van der Waals surface area contributed by atoms with Gasteiger partial charge in [-0.05, 0) is 182 Å². The van der Waals surface area contributed by atoms with Crippen LogP contribution in [0.25, 0.3) is 62.6 Å². The van der Waals surface area contributed by atoms with Crippen molar-refractivity contribution >= 4 is 142 Å². The first-order valence-corrected chi connectivity index (χ1v) is 27.6. The van der Waals surface area contributed by atoms with Gasteiger partial charge in [-0.1, -0.05) is 108 Å². The standard InChI is InChI=1S/C62H53BN2S4/c1-34-26-38(46-32-66-50-20-13-11-16-42(46)50)27-35(2)57(34)64-48-18-15-19-49-56(48)63(54-44-30-40(61(5,6)7)22-24-52(44)68-59(54)64)55-45-31-41(62(8,9)10)23-25-53(45)69-60(55)65(49)58-36(3)28-39(29-37(58)4)47-33-67-51-21-14-12-17-43(47)51/h11-33H,1-10H3. The van der Waals surface area contributed by atoms with E-state index in [9.17, 15) is 0 Å². The van der Waals surface area contributed by atoms with Crippen LogP contribution in [0.15, 0.2) is 138 Å². The van der Waals surface area contributed by atoms with Crippen LogP contribution < -0.4 is 26.2 Å². The third-order valence-electron chi connectivity index (χ3n) is 15.0. The minimum absolute atomic E-state index is 0.00297. The lowest BCUT2D eigenvalue weighted by atomic mass is 9.33. The molecule has 7 aromatic carbocycles. The molecular formula is C62H53BN2S4. The maximum Gasteiger partial charge on any atom is 0.256 e. The maximum atomic E-state index is 2.68. The van der Waals surface area contributed by atoms with Gasteiger partial charge in [0.05, 0.1) is 21.4 Å². The zero-order valence-electron chi connectivity index (χ0n) is 40.9. The van der Waals surface area contributed by atoms with Crippen LogP contribution >= 0.6 is 45.3 Å². The molecule has 69 heavy (non-hydrogen) atoms. The van der Waals surface area contributed by atoms with Crippen molar-refractivity contribution in [3.8, 4) is 22.3 Å². The predicted molar refractivity (Wildman–Crippen MR) is 309 cm³/mol. The summed E-state index contributed by atoms with van der Waals surface area (Å²) in [6.07, 6.45) is 0. The van der Waals surface area contributed by atoms with Crippen LogP contribution in [0.4, 0.5) is 32.8 Å². The molecule has 0 amide bonds. The third kappa shape index (κ3) is 6.46. The summed E-state index contributed by atoms with van der Waals surface area (Å²) in [6.45, 7) is 23.5. The normalized spacial score (nSPS) is 13.6. The first-order chi connectivity index (χ1) is 33.1. The Labute approximate surface area is 422 Å². The highest BCUT2D eigenvalue weighted by Crippen LogP contribution is 2.53. The summed E-state index contributed by atoms with van der Waals surface area (Å²) in [4.78, 5) is 5.35. The van der Waals surface area contributed by atoms with E-state index in [4.69, 9.17) is 0 Å². The zero-order chi connectivity index (χ0) is 47.4. The Hall–Kier alpha value is -5.96. The van der Waals surface area contributed by atoms with Gasteiger partial charge in [0.1, 0.15) is 0 Å². The van der Waals surface area contributed by atoms with Gasteiger partial charge in [-0.25, -0.2) is 0 Å². The molecule has 2 nitrogen and oxygen atoms in total. The molecular weight excluding hydrogens is 912 g/mol. The van der Waals surface area contributed by atoms with E-state index in [1.54, 1.807) is 0 Å². The van der Waals surface area contributed by atoms with Crippen molar-refractivity contribution in [1.82, 2.24) is 0 Å². The summed E-state index contributed by atoms with van der Waals surface area (Å²) in [5.41, 5.74) is 22.4. The molecule has 0 unspecified atom stereocenters. The smallest absolute Gasteiger partial charge is 0.256 e. The van der Waals surface area contributed by atoms with Gasteiger partial charge in [0.25, 0.3) is 6.71 Å². The Balaban J connectivity index is 1.11. The number of hydrogen-bond acceptors (Lipinski definition) is 6. The van der Waals surface area contributed by atoms with Crippen LogP contribution in [0.3, 0.4) is 0 Å². The minimum atomic E-state index is -0.00297. The molecule has 11 aromatic rings. The fourth-order valence-electron chi connectivity index (χ4n) is 11.7. The second kappa shape index (κ2) is 15.3. The van der Waals surface area contributed by atoms with Crippen molar-refractivity contribution in [3.05, 3.63) is 172 Å². The van der Waals surface area contributed by atoms with Gasteiger partial charge in [-0.2, -0.15) is 0 Å². The van der Waals surface area contributed by atoms with Gasteiger partial charge in [0.2, 0.25) is 0 Å². The fraction of sp³-hybridized carbons (Fsp3) is 0.194. The van der Waals surface area contributed by atoms with Crippen molar-refractivity contribution in [2.45, 2.75) is 80.1 Å². The van der Waals surface area contributed by atoms with Gasteiger partial charge >= 0.3 is 0 Å². The lowest BCUT2D eigenvalue weighted by Crippen LogP contribution is -2.60. The quantitative estimate of drug-likeness (QED) is 0.162. The van der Waals surface area contributed by atoms with Gasteiger partial charge in [-0.3, -0.25) is 0 Å². The molecule has 0 saturated carbocycles. The number of aryl methyl sites for hydroxylation is 4. The van der Waals surface area contributed by atoms with Crippen LogP contribution in [0.2, 0.25) is 0 Å². The Morgan fingerprint density at radius 1 is 0.406 bits per heavy atom. The highest BCUT2D eigenvalue weighted by Gasteiger charge is 2.48. The maximum absolute atomic E-state index is 2.68. The van der Waals surface area contributed by atoms with Crippen LogP contribution in [0.1, 0.15) is 74.9 Å². The molecule has 0 saturated heterocycles. The number of thiophene rings is 4. The minimum Gasteiger partial charge on any atom is -0.302 e. The van der Waals surface area contributed by atoms with Gasteiger partial charge < -0.3 is 9.80 Å². The van der Waals surface area contributed by atoms with E-state index < -0.39 is 0 Å². The molecule has 0 atom stereocenters. The third-order valence-corrected chi connectivity index (χ3v) is 19.2. The van der Waals surface area contributed by atoms with E-state index in [2.05, 4.69) is 217 Å². The molecule has 0 aliphatic carbocycles. The highest BCUT2D eigenvalue weighted by atomic mass is 32.1. The number of nitrogens with zero attached hydrogens (tertiary/aromatic N) is 2. The average molecular weight is 965 g/mol. The van der Waals surface area contributed by atoms with Crippen molar-refractivity contribution in [2.24, 2.45) is 0 Å². The molecule has 4 aromatic heterocycles. The van der Waals surface area contributed by atoms with E-state index in [0.717, 1.165) is 0 Å². The van der Waals surface area contributed by atoms with Crippen molar-refractivity contribution in [2.75, 3.05) is 9.80 Å². The van der Waals surface area contributed by atoms with Crippen LogP contribution in [-0.4, -0.2) is 6.71 Å². The molecule has 7 heteroatoms. The fourth-order valence-corrected chi connectivity index (χ4v) is 16.1. The van der Waals surface area contributed by atoms with Crippen LogP contribution in [-0.2, 0) is 10.8 Å². The second-order valence-electron chi connectivity index (χ2n) is 21.6. The lowest BCUT2D eigenvalue weighted by Gasteiger charge is -2.43. The first kappa shape index (κ1) is 43.1. The Morgan fingerprint density at radius 2 is 0.812 bits per heavy atom. The molecule has 2 aliphatic rings. The topological polar surface area (TPSA) is 6.48 Å².